The van der Waals surface area contributed by atoms with E-state index in [-0.39, 0.29) is 0 Å². The normalized spacial score (nSPS) is 17.6. The van der Waals surface area contributed by atoms with Gasteiger partial charge < -0.3 is 3.11 Å². The van der Waals surface area contributed by atoms with Crippen molar-refractivity contribution in [1.82, 2.24) is 3.11 Å². The van der Waals surface area contributed by atoms with Crippen molar-refractivity contribution in [2.24, 2.45) is 0 Å². The van der Waals surface area contributed by atoms with E-state index in [0.717, 1.165) is 6.42 Å². The molecule has 0 fully saturated rings. The maximum atomic E-state index is 2.39. The van der Waals surface area contributed by atoms with E-state index in [1.54, 1.807) is 0 Å². The fourth-order valence-electron chi connectivity index (χ4n) is 2.39. The highest BCUT2D eigenvalue weighted by Crippen LogP contribution is 2.34. The van der Waals surface area contributed by atoms with E-state index in [4.69, 9.17) is 0 Å². The molecule has 0 radical (unpaired) electrons. The van der Waals surface area contributed by atoms with Crippen LogP contribution in [0, 0.1) is 0 Å². The van der Waals surface area contributed by atoms with Crippen LogP contribution < -0.4 is 0 Å². The van der Waals surface area contributed by atoms with E-state index in [1.165, 1.54) is 16.7 Å². The molecule has 0 saturated carbocycles. The second-order valence-electron chi connectivity index (χ2n) is 4.49. The first-order valence-corrected chi connectivity index (χ1v) is 7.06. The minimum atomic E-state index is 0.425. The van der Waals surface area contributed by atoms with Gasteiger partial charge in [-0.3, -0.25) is 0 Å². The summed E-state index contributed by atoms with van der Waals surface area (Å²) in [6.07, 6.45) is 5.39. The molecule has 1 nitrogen and oxygen atoms in total. The molecule has 18 heavy (non-hydrogen) atoms. The van der Waals surface area contributed by atoms with E-state index in [2.05, 4.69) is 92.9 Å². The molecule has 0 amide bonds. The Balaban J connectivity index is 1.94. The van der Waals surface area contributed by atoms with Crippen molar-refractivity contribution in [3.05, 3.63) is 77.5 Å². The molecule has 0 N–H and O–H groups in total. The van der Waals surface area contributed by atoms with Gasteiger partial charge in [-0.05, 0) is 29.2 Å². The van der Waals surface area contributed by atoms with Crippen LogP contribution in [-0.4, -0.2) is 3.11 Å². The van der Waals surface area contributed by atoms with Crippen LogP contribution in [0.5, 0.6) is 0 Å². The highest BCUT2D eigenvalue weighted by Gasteiger charge is 2.21. The molecule has 0 aromatic heterocycles. The van der Waals surface area contributed by atoms with Crippen LogP contribution in [0.15, 0.2) is 60.8 Å². The van der Waals surface area contributed by atoms with Crippen molar-refractivity contribution in [2.75, 3.05) is 0 Å². The number of hydrogen-bond donors (Lipinski definition) is 0. The van der Waals surface area contributed by atoms with Crippen LogP contribution in [0.2, 0.25) is 0 Å². The van der Waals surface area contributed by atoms with Gasteiger partial charge in [0.25, 0.3) is 0 Å². The van der Waals surface area contributed by atoms with Crippen molar-refractivity contribution in [2.45, 2.75) is 12.5 Å². The number of nitrogens with zero attached hydrogens (tertiary/aromatic N) is 1. The lowest BCUT2D eigenvalue weighted by atomic mass is 9.93. The predicted octanol–water partition coefficient (Wildman–Crippen LogP) is 4.61. The van der Waals surface area contributed by atoms with Crippen LogP contribution in [0.1, 0.15) is 22.7 Å². The molecule has 2 heteroatoms. The van der Waals surface area contributed by atoms with Crippen molar-refractivity contribution < 1.29 is 0 Å². The second kappa shape index (κ2) is 5.14. The molecule has 0 bridgehead atoms. The van der Waals surface area contributed by atoms with Gasteiger partial charge in [0, 0.05) is 6.20 Å². The third kappa shape index (κ3) is 2.29. The quantitative estimate of drug-likeness (QED) is 0.567. The summed E-state index contributed by atoms with van der Waals surface area (Å²) in [5.74, 6) is 0. The summed E-state index contributed by atoms with van der Waals surface area (Å²) in [5, 5.41) is 0. The molecule has 2 aromatic carbocycles. The zero-order valence-electron chi connectivity index (χ0n) is 9.96. The van der Waals surface area contributed by atoms with E-state index in [0.29, 0.717) is 6.04 Å². The maximum absolute atomic E-state index is 2.39. The lowest BCUT2D eigenvalue weighted by Crippen LogP contribution is -2.19. The first kappa shape index (κ1) is 11.8. The standard InChI is InChI=1S/C16H14IN/c17-18-11-10-14-8-4-5-9-15(14)16(18)12-13-6-2-1-3-7-13/h1-11,16H,12H2/t16-/m0/s1. The topological polar surface area (TPSA) is 3.24 Å². The Labute approximate surface area is 122 Å². The molecule has 0 saturated heterocycles. The molecule has 1 heterocycles. The number of hydrogen-bond acceptors (Lipinski definition) is 1. The molecule has 1 aliphatic rings. The monoisotopic (exact) mass is 347 g/mol. The van der Waals surface area contributed by atoms with E-state index in [1.807, 2.05) is 0 Å². The Morgan fingerprint density at radius 3 is 2.50 bits per heavy atom. The summed E-state index contributed by atoms with van der Waals surface area (Å²) in [6.45, 7) is 0. The maximum Gasteiger partial charge on any atom is 0.0681 e. The summed E-state index contributed by atoms with van der Waals surface area (Å²) >= 11 is 2.39. The third-order valence-corrected chi connectivity index (χ3v) is 4.32. The minimum Gasteiger partial charge on any atom is -0.314 e. The van der Waals surface area contributed by atoms with E-state index >= 15 is 0 Å². The minimum absolute atomic E-state index is 0.425. The fourth-order valence-corrected chi connectivity index (χ4v) is 3.05. The van der Waals surface area contributed by atoms with Gasteiger partial charge in [-0.25, -0.2) is 0 Å². The Kier molecular flexibility index (Phi) is 3.37. The van der Waals surface area contributed by atoms with Gasteiger partial charge in [-0.1, -0.05) is 54.6 Å². The van der Waals surface area contributed by atoms with Crippen LogP contribution in [0.4, 0.5) is 0 Å². The molecule has 3 rings (SSSR count). The van der Waals surface area contributed by atoms with Gasteiger partial charge in [0.15, 0.2) is 0 Å². The highest BCUT2D eigenvalue weighted by molar-refractivity contribution is 14.1. The second-order valence-corrected chi connectivity index (χ2v) is 5.61. The van der Waals surface area contributed by atoms with E-state index < -0.39 is 0 Å². The van der Waals surface area contributed by atoms with Gasteiger partial charge in [0.2, 0.25) is 0 Å². The third-order valence-electron chi connectivity index (χ3n) is 3.32. The lowest BCUT2D eigenvalue weighted by molar-refractivity contribution is 0.481. The van der Waals surface area contributed by atoms with Crippen molar-refractivity contribution in [3.8, 4) is 0 Å². The molecule has 1 atom stereocenters. The highest BCUT2D eigenvalue weighted by atomic mass is 127. The Hall–Kier alpha value is -1.29. The average molecular weight is 347 g/mol. The fraction of sp³-hybridized carbons (Fsp3) is 0.125. The number of halogens is 1. The molecule has 0 aliphatic carbocycles. The Morgan fingerprint density at radius 1 is 0.944 bits per heavy atom. The van der Waals surface area contributed by atoms with Crippen molar-refractivity contribution >= 4 is 28.9 Å². The zero-order valence-corrected chi connectivity index (χ0v) is 12.1. The number of fused-ring (bicyclic) bond motifs is 1. The first-order valence-electron chi connectivity index (χ1n) is 6.10. The summed E-state index contributed by atoms with van der Waals surface area (Å²) < 4.78 is 2.27. The van der Waals surface area contributed by atoms with Gasteiger partial charge in [0.1, 0.15) is 0 Å². The Morgan fingerprint density at radius 2 is 1.67 bits per heavy atom. The molecule has 90 valence electrons. The molecular formula is C16H14IN. The van der Waals surface area contributed by atoms with Gasteiger partial charge in [0.05, 0.1) is 28.9 Å². The largest absolute Gasteiger partial charge is 0.314 e. The Bertz CT molecular complexity index is 562. The summed E-state index contributed by atoms with van der Waals surface area (Å²) in [5.41, 5.74) is 4.14. The molecular weight excluding hydrogens is 333 g/mol. The van der Waals surface area contributed by atoms with Gasteiger partial charge >= 0.3 is 0 Å². The average Bonchev–Trinajstić information content (AvgIpc) is 2.43. The number of rotatable bonds is 2. The number of benzene rings is 2. The summed E-state index contributed by atoms with van der Waals surface area (Å²) in [7, 11) is 0. The van der Waals surface area contributed by atoms with Crippen LogP contribution in [-0.2, 0) is 6.42 Å². The summed E-state index contributed by atoms with van der Waals surface area (Å²) in [6, 6.07) is 19.8. The molecule has 0 spiro atoms. The molecule has 1 aliphatic heterocycles. The van der Waals surface area contributed by atoms with Gasteiger partial charge in [-0.15, -0.1) is 0 Å². The van der Waals surface area contributed by atoms with E-state index in [9.17, 15) is 0 Å². The summed E-state index contributed by atoms with van der Waals surface area (Å²) in [4.78, 5) is 0. The zero-order chi connectivity index (χ0) is 12.4. The van der Waals surface area contributed by atoms with Crippen molar-refractivity contribution in [3.63, 3.8) is 0 Å². The van der Waals surface area contributed by atoms with Crippen molar-refractivity contribution in [1.29, 1.82) is 0 Å². The van der Waals surface area contributed by atoms with Crippen LogP contribution in [0.3, 0.4) is 0 Å². The molecule has 0 unspecified atom stereocenters. The van der Waals surface area contributed by atoms with Crippen LogP contribution >= 0.6 is 22.9 Å². The lowest BCUT2D eigenvalue weighted by Gasteiger charge is -2.30. The molecule has 2 aromatic rings. The SMILES string of the molecule is IN1C=Cc2ccccc2[C@@H]1Cc1ccccc1. The first-order chi connectivity index (χ1) is 8.84. The van der Waals surface area contributed by atoms with Gasteiger partial charge in [-0.2, -0.15) is 0 Å². The smallest absolute Gasteiger partial charge is 0.0681 e. The predicted molar refractivity (Wildman–Crippen MR) is 84.2 cm³/mol. The van der Waals surface area contributed by atoms with Crippen LogP contribution in [0.25, 0.3) is 6.08 Å².